The minimum atomic E-state index is -0.462. The van der Waals surface area contributed by atoms with Gasteiger partial charge in [0.05, 0.1) is 5.69 Å². The summed E-state index contributed by atoms with van der Waals surface area (Å²) >= 11 is 3.38. The van der Waals surface area contributed by atoms with Crippen molar-refractivity contribution >= 4 is 27.7 Å². The Morgan fingerprint density at radius 1 is 1.32 bits per heavy atom. The molecule has 0 saturated carbocycles. The molecule has 122 valence electrons. The zero-order valence-corrected chi connectivity index (χ0v) is 14.9. The van der Waals surface area contributed by atoms with E-state index in [1.165, 1.54) is 0 Å². The van der Waals surface area contributed by atoms with Crippen LogP contribution in [0.4, 0.5) is 10.5 Å². The van der Waals surface area contributed by atoms with Crippen LogP contribution in [0.15, 0.2) is 22.7 Å². The number of nitrogens with zero attached hydrogens (tertiary/aromatic N) is 1. The zero-order chi connectivity index (χ0) is 16.3. The first-order valence-corrected chi connectivity index (χ1v) is 8.23. The molecule has 0 unspecified atom stereocenters. The van der Waals surface area contributed by atoms with Gasteiger partial charge >= 0.3 is 6.09 Å². The van der Waals surface area contributed by atoms with Crippen LogP contribution >= 0.6 is 15.9 Å². The molecule has 0 bridgehead atoms. The van der Waals surface area contributed by atoms with Gasteiger partial charge in [0.2, 0.25) is 0 Å². The van der Waals surface area contributed by atoms with E-state index in [1.807, 2.05) is 39.0 Å². The Morgan fingerprint density at radius 2 is 1.95 bits per heavy atom. The van der Waals surface area contributed by atoms with Crippen molar-refractivity contribution in [1.82, 2.24) is 4.90 Å². The van der Waals surface area contributed by atoms with Gasteiger partial charge in [-0.1, -0.05) is 15.9 Å². The largest absolute Gasteiger partial charge is 0.488 e. The summed E-state index contributed by atoms with van der Waals surface area (Å²) in [5.41, 5.74) is 6.10. The third-order valence-electron chi connectivity index (χ3n) is 3.36. The van der Waals surface area contributed by atoms with Crippen molar-refractivity contribution in [3.8, 4) is 5.75 Å². The number of hydrogen-bond acceptors (Lipinski definition) is 4. The Bertz CT molecular complexity index is 535. The van der Waals surface area contributed by atoms with Crippen LogP contribution in [0.3, 0.4) is 0 Å². The highest BCUT2D eigenvalue weighted by atomic mass is 79.9. The summed E-state index contributed by atoms with van der Waals surface area (Å²) in [5, 5.41) is 0. The second-order valence-electron chi connectivity index (χ2n) is 6.47. The Morgan fingerprint density at radius 3 is 2.50 bits per heavy atom. The molecule has 5 nitrogen and oxygen atoms in total. The number of benzene rings is 1. The van der Waals surface area contributed by atoms with Gasteiger partial charge in [-0.3, -0.25) is 0 Å². The predicted molar refractivity (Wildman–Crippen MR) is 90.0 cm³/mol. The van der Waals surface area contributed by atoms with E-state index in [1.54, 1.807) is 4.90 Å². The van der Waals surface area contributed by atoms with Crippen LogP contribution in [0.25, 0.3) is 0 Å². The van der Waals surface area contributed by atoms with E-state index in [0.717, 1.165) is 17.3 Å². The van der Waals surface area contributed by atoms with E-state index in [2.05, 4.69) is 15.9 Å². The third kappa shape index (κ3) is 4.80. The van der Waals surface area contributed by atoms with Crippen LogP contribution < -0.4 is 10.5 Å². The molecule has 6 heteroatoms. The number of nitrogen functional groups attached to an aromatic ring is 1. The van der Waals surface area contributed by atoms with Crippen molar-refractivity contribution in [2.75, 3.05) is 18.8 Å². The number of carbonyl (C=O) groups is 1. The zero-order valence-electron chi connectivity index (χ0n) is 13.3. The fourth-order valence-corrected chi connectivity index (χ4v) is 2.67. The lowest BCUT2D eigenvalue weighted by atomic mass is 10.1. The van der Waals surface area contributed by atoms with E-state index in [-0.39, 0.29) is 12.2 Å². The first-order valence-electron chi connectivity index (χ1n) is 7.44. The Balaban J connectivity index is 1.86. The van der Waals surface area contributed by atoms with Crippen molar-refractivity contribution in [1.29, 1.82) is 0 Å². The molecule has 0 aliphatic carbocycles. The normalized spacial score (nSPS) is 16.5. The number of carbonyl (C=O) groups excluding carboxylic acids is 1. The first kappa shape index (κ1) is 16.9. The number of hydrogen-bond donors (Lipinski definition) is 1. The molecule has 1 saturated heterocycles. The molecule has 2 N–H and O–H groups in total. The van der Waals surface area contributed by atoms with Gasteiger partial charge in [0.25, 0.3) is 0 Å². The summed E-state index contributed by atoms with van der Waals surface area (Å²) in [5.74, 6) is 0.693. The monoisotopic (exact) mass is 370 g/mol. The predicted octanol–water partition coefficient (Wildman–Crippen LogP) is 3.81. The molecule has 1 fully saturated rings. The highest BCUT2D eigenvalue weighted by Crippen LogP contribution is 2.28. The SMILES string of the molecule is CC(C)(C)OC(=O)N1CCC(Oc2ccc(Br)cc2N)CC1. The smallest absolute Gasteiger partial charge is 0.410 e. The van der Waals surface area contributed by atoms with Crippen LogP contribution in [-0.2, 0) is 4.74 Å². The minimum Gasteiger partial charge on any atom is -0.488 e. The van der Waals surface area contributed by atoms with Gasteiger partial charge in [-0.25, -0.2) is 4.79 Å². The number of ether oxygens (including phenoxy) is 2. The molecule has 1 aliphatic heterocycles. The number of anilines is 1. The highest BCUT2D eigenvalue weighted by Gasteiger charge is 2.27. The second-order valence-corrected chi connectivity index (χ2v) is 7.38. The molecule has 0 aromatic heterocycles. The van der Waals surface area contributed by atoms with E-state index in [0.29, 0.717) is 24.5 Å². The lowest BCUT2D eigenvalue weighted by molar-refractivity contribution is 0.0127. The molecule has 0 radical (unpaired) electrons. The molecule has 1 aromatic carbocycles. The number of halogens is 1. The van der Waals surface area contributed by atoms with Crippen LogP contribution in [0.2, 0.25) is 0 Å². The molecule has 0 spiro atoms. The van der Waals surface area contributed by atoms with Crippen molar-refractivity contribution in [3.05, 3.63) is 22.7 Å². The quantitative estimate of drug-likeness (QED) is 0.803. The van der Waals surface area contributed by atoms with Gasteiger partial charge in [0.1, 0.15) is 17.5 Å². The molecule has 1 amide bonds. The van der Waals surface area contributed by atoms with E-state index >= 15 is 0 Å². The van der Waals surface area contributed by atoms with E-state index < -0.39 is 5.60 Å². The van der Waals surface area contributed by atoms with Crippen molar-refractivity contribution in [3.63, 3.8) is 0 Å². The highest BCUT2D eigenvalue weighted by molar-refractivity contribution is 9.10. The molecular formula is C16H23BrN2O3. The average Bonchev–Trinajstić information content (AvgIpc) is 2.41. The van der Waals surface area contributed by atoms with E-state index in [9.17, 15) is 4.79 Å². The number of nitrogens with two attached hydrogens (primary N) is 1. The van der Waals surface area contributed by atoms with Gasteiger partial charge in [-0.2, -0.15) is 0 Å². The lowest BCUT2D eigenvalue weighted by Crippen LogP contribution is -2.44. The van der Waals surface area contributed by atoms with Crippen molar-refractivity contribution in [2.45, 2.75) is 45.3 Å². The Kier molecular flexibility index (Phi) is 5.21. The molecule has 1 aromatic rings. The van der Waals surface area contributed by atoms with Gasteiger partial charge in [0.15, 0.2) is 0 Å². The Hall–Kier alpha value is -1.43. The maximum Gasteiger partial charge on any atom is 0.410 e. The molecule has 0 atom stereocenters. The fourth-order valence-electron chi connectivity index (χ4n) is 2.29. The minimum absolute atomic E-state index is 0.0714. The van der Waals surface area contributed by atoms with Gasteiger partial charge in [-0.15, -0.1) is 0 Å². The first-order chi connectivity index (χ1) is 10.2. The standard InChI is InChI=1S/C16H23BrN2O3/c1-16(2,3)22-15(20)19-8-6-12(7-9-19)21-14-5-4-11(17)10-13(14)18/h4-5,10,12H,6-9,18H2,1-3H3. The summed E-state index contributed by atoms with van der Waals surface area (Å²) in [7, 11) is 0. The molecule has 1 heterocycles. The second kappa shape index (κ2) is 6.77. The van der Waals surface area contributed by atoms with Crippen LogP contribution in [0.1, 0.15) is 33.6 Å². The number of piperidine rings is 1. The summed E-state index contributed by atoms with van der Waals surface area (Å²) in [6.45, 7) is 6.89. The number of likely N-dealkylation sites (tertiary alicyclic amines) is 1. The summed E-state index contributed by atoms with van der Waals surface area (Å²) in [6, 6.07) is 5.59. The van der Waals surface area contributed by atoms with Gasteiger partial charge in [-0.05, 0) is 39.0 Å². The van der Waals surface area contributed by atoms with Crippen molar-refractivity contribution < 1.29 is 14.3 Å². The number of rotatable bonds is 2. The van der Waals surface area contributed by atoms with Gasteiger partial charge in [0, 0.05) is 30.4 Å². The maximum absolute atomic E-state index is 12.0. The maximum atomic E-state index is 12.0. The molecule has 22 heavy (non-hydrogen) atoms. The van der Waals surface area contributed by atoms with Crippen LogP contribution in [0.5, 0.6) is 5.75 Å². The van der Waals surface area contributed by atoms with Gasteiger partial charge < -0.3 is 20.1 Å². The molecule has 2 rings (SSSR count). The lowest BCUT2D eigenvalue weighted by Gasteiger charge is -2.33. The Labute approximate surface area is 139 Å². The van der Waals surface area contributed by atoms with Crippen LogP contribution in [-0.4, -0.2) is 35.8 Å². The average molecular weight is 371 g/mol. The summed E-state index contributed by atoms with van der Waals surface area (Å²) in [6.07, 6.45) is 1.36. The molecular weight excluding hydrogens is 348 g/mol. The third-order valence-corrected chi connectivity index (χ3v) is 3.85. The summed E-state index contributed by atoms with van der Waals surface area (Å²) < 4.78 is 12.3. The topological polar surface area (TPSA) is 64.8 Å². The molecule has 1 aliphatic rings. The fraction of sp³-hybridized carbons (Fsp3) is 0.562. The summed E-state index contributed by atoms with van der Waals surface area (Å²) in [4.78, 5) is 13.7. The van der Waals surface area contributed by atoms with Crippen LogP contribution in [0, 0.1) is 0 Å². The van der Waals surface area contributed by atoms with E-state index in [4.69, 9.17) is 15.2 Å². The van der Waals surface area contributed by atoms with Crippen molar-refractivity contribution in [2.24, 2.45) is 0 Å². The number of amides is 1.